The van der Waals surface area contributed by atoms with Gasteiger partial charge >= 0.3 is 6.18 Å². The number of amides is 1. The summed E-state index contributed by atoms with van der Waals surface area (Å²) in [5, 5.41) is 0. The van der Waals surface area contributed by atoms with Crippen molar-refractivity contribution in [1.29, 1.82) is 0 Å². The number of rotatable bonds is 9. The van der Waals surface area contributed by atoms with E-state index in [1.54, 1.807) is 36.4 Å². The lowest BCUT2D eigenvalue weighted by Gasteiger charge is -2.11. The van der Waals surface area contributed by atoms with Crippen LogP contribution in [0.5, 0.6) is 5.75 Å². The number of carbonyl (C=O) groups is 1. The van der Waals surface area contributed by atoms with Crippen LogP contribution in [0.3, 0.4) is 0 Å². The predicted molar refractivity (Wildman–Crippen MR) is 128 cm³/mol. The van der Waals surface area contributed by atoms with E-state index in [0.29, 0.717) is 21.9 Å². The van der Waals surface area contributed by atoms with Gasteiger partial charge in [0.05, 0.1) is 12.9 Å². The molecule has 0 saturated carbocycles. The predicted octanol–water partition coefficient (Wildman–Crippen LogP) is 4.74. The van der Waals surface area contributed by atoms with Gasteiger partial charge in [0.25, 0.3) is 11.5 Å². The Kier molecular flexibility index (Phi) is 8.06. The van der Waals surface area contributed by atoms with Crippen LogP contribution in [0.15, 0.2) is 47.3 Å². The molecule has 0 saturated heterocycles. The minimum atomic E-state index is -4.23. The number of hydrogen-bond donors (Lipinski definition) is 2. The van der Waals surface area contributed by atoms with Gasteiger partial charge in [0, 0.05) is 27.4 Å². The number of carbonyl (C=O) groups excluding carboxylic acids is 1. The van der Waals surface area contributed by atoms with Gasteiger partial charge in [-0.1, -0.05) is 6.92 Å². The highest BCUT2D eigenvalue weighted by Crippen LogP contribution is 2.32. The molecule has 1 amide bonds. The van der Waals surface area contributed by atoms with E-state index in [1.165, 1.54) is 11.3 Å². The molecule has 7 nitrogen and oxygen atoms in total. The summed E-state index contributed by atoms with van der Waals surface area (Å²) in [4.78, 5) is 29.8. The fourth-order valence-electron chi connectivity index (χ4n) is 3.26. The summed E-state index contributed by atoms with van der Waals surface area (Å²) in [6.07, 6.45) is -3.77. The molecular weight excluding hydrogens is 505 g/mol. The third kappa shape index (κ3) is 7.43. The number of benzene rings is 1. The number of pyridine rings is 1. The van der Waals surface area contributed by atoms with E-state index in [0.717, 1.165) is 17.6 Å². The lowest BCUT2D eigenvalue weighted by Crippen LogP contribution is -2.34. The normalized spacial score (nSPS) is 11.9. The number of nitrogens with one attached hydrogen (secondary N) is 2. The Labute approximate surface area is 204 Å². The Hall–Kier alpha value is -3.12. The third-order valence-corrected chi connectivity index (χ3v) is 6.67. The monoisotopic (exact) mass is 528 g/mol. The molecule has 0 aliphatic heterocycles. The second-order valence-electron chi connectivity index (χ2n) is 7.72. The first-order chi connectivity index (χ1) is 16.4. The van der Waals surface area contributed by atoms with Crippen LogP contribution in [0, 0.1) is 0 Å². The molecule has 1 aromatic carbocycles. The fourth-order valence-corrected chi connectivity index (χ4v) is 4.67. The molecule has 2 heterocycles. The minimum Gasteiger partial charge on any atom is -0.494 e. The zero-order valence-electron chi connectivity index (χ0n) is 18.9. The van der Waals surface area contributed by atoms with Gasteiger partial charge in [-0.15, -0.1) is 11.3 Å². The minimum absolute atomic E-state index is 0.0951. The van der Waals surface area contributed by atoms with Gasteiger partial charge in [0.1, 0.15) is 11.3 Å². The molecule has 0 aliphatic carbocycles. The number of aromatic nitrogens is 1. The molecule has 2 N–H and O–H groups in total. The number of hydrogen-bond acceptors (Lipinski definition) is 6. The van der Waals surface area contributed by atoms with Crippen LogP contribution < -0.4 is 15.0 Å². The molecule has 0 unspecified atom stereocenters. The fraction of sp³-hybridized carbons (Fsp3) is 0.304. The second-order valence-corrected chi connectivity index (χ2v) is 10.6. The first-order valence-corrected chi connectivity index (χ1v) is 13.3. The summed E-state index contributed by atoms with van der Waals surface area (Å²) < 4.78 is 67.1. The number of aromatic amines is 1. The highest BCUT2D eigenvalue weighted by Gasteiger charge is 2.26. The molecule has 2 aromatic heterocycles. The summed E-state index contributed by atoms with van der Waals surface area (Å²) in [7, 11) is -3.90. The summed E-state index contributed by atoms with van der Waals surface area (Å²) in [5.41, 5.74) is 0.122. The maximum atomic E-state index is 12.9. The van der Waals surface area contributed by atoms with Crippen molar-refractivity contribution in [3.05, 3.63) is 63.3 Å². The first kappa shape index (κ1) is 26.5. The van der Waals surface area contributed by atoms with Crippen molar-refractivity contribution >= 4 is 27.3 Å². The number of sulfonamides is 1. The molecule has 0 spiro atoms. The standard InChI is InChI=1S/C23H23F3N2O5S2/c1-3-16-9-10-19(34-16)17-13-18(27-21(29)20(17)22(30)28-35(2,31)32)14-5-7-15(8-6-14)33-12-4-11-23(24,25)26/h5-10,13H,3-4,11-12H2,1-2H3,(H,27,29)(H,28,30). The van der Waals surface area contributed by atoms with Crippen molar-refractivity contribution in [2.24, 2.45) is 0 Å². The Morgan fingerprint density at radius 1 is 1.14 bits per heavy atom. The largest absolute Gasteiger partial charge is 0.494 e. The van der Waals surface area contributed by atoms with Crippen molar-refractivity contribution in [1.82, 2.24) is 9.71 Å². The summed E-state index contributed by atoms with van der Waals surface area (Å²) >= 11 is 1.38. The van der Waals surface area contributed by atoms with Crippen LogP contribution in [0.25, 0.3) is 21.7 Å². The topological polar surface area (TPSA) is 105 Å². The third-order valence-electron chi connectivity index (χ3n) is 4.85. The molecule has 3 rings (SSSR count). The zero-order valence-corrected chi connectivity index (χ0v) is 20.5. The number of alkyl halides is 3. The quantitative estimate of drug-likeness (QED) is 0.390. The molecule has 0 bridgehead atoms. The summed E-state index contributed by atoms with van der Waals surface area (Å²) in [6, 6.07) is 11.6. The SMILES string of the molecule is CCc1ccc(-c2cc(-c3ccc(OCCCC(F)(F)F)cc3)[nH]c(=O)c2C(=O)NS(C)(=O)=O)s1. The molecule has 35 heavy (non-hydrogen) atoms. The molecular formula is C23H23F3N2O5S2. The number of ether oxygens (including phenoxy) is 1. The Morgan fingerprint density at radius 2 is 1.83 bits per heavy atom. The maximum Gasteiger partial charge on any atom is 0.389 e. The van der Waals surface area contributed by atoms with Gasteiger partial charge in [-0.2, -0.15) is 13.2 Å². The molecule has 0 radical (unpaired) electrons. The smallest absolute Gasteiger partial charge is 0.389 e. The van der Waals surface area contributed by atoms with E-state index in [9.17, 15) is 31.2 Å². The van der Waals surface area contributed by atoms with Gasteiger partial charge in [-0.3, -0.25) is 9.59 Å². The van der Waals surface area contributed by atoms with Crippen LogP contribution in [-0.4, -0.2) is 38.3 Å². The van der Waals surface area contributed by atoms with E-state index in [-0.39, 0.29) is 24.2 Å². The van der Waals surface area contributed by atoms with E-state index in [2.05, 4.69) is 4.98 Å². The molecule has 0 fully saturated rings. The highest BCUT2D eigenvalue weighted by molar-refractivity contribution is 7.89. The molecule has 3 aromatic rings. The van der Waals surface area contributed by atoms with Crippen LogP contribution in [0.1, 0.15) is 35.0 Å². The zero-order chi connectivity index (χ0) is 25.8. The van der Waals surface area contributed by atoms with Gasteiger partial charge < -0.3 is 9.72 Å². The second kappa shape index (κ2) is 10.6. The van der Waals surface area contributed by atoms with E-state index < -0.39 is 34.1 Å². The number of aryl methyl sites for hydroxylation is 1. The lowest BCUT2D eigenvalue weighted by molar-refractivity contribution is -0.136. The maximum absolute atomic E-state index is 12.9. The Balaban J connectivity index is 1.93. The summed E-state index contributed by atoms with van der Waals surface area (Å²) in [5.74, 6) is -0.669. The van der Waals surface area contributed by atoms with Crippen molar-refractivity contribution < 1.29 is 31.1 Å². The van der Waals surface area contributed by atoms with Crippen LogP contribution in [0.4, 0.5) is 13.2 Å². The van der Waals surface area contributed by atoms with E-state index in [1.807, 2.05) is 17.7 Å². The van der Waals surface area contributed by atoms with E-state index >= 15 is 0 Å². The molecule has 12 heteroatoms. The summed E-state index contributed by atoms with van der Waals surface area (Å²) in [6.45, 7) is 1.87. The van der Waals surface area contributed by atoms with Crippen molar-refractivity contribution in [2.75, 3.05) is 12.9 Å². The average Bonchev–Trinajstić information content (AvgIpc) is 3.24. The Bertz CT molecular complexity index is 1360. The number of halogens is 3. The van der Waals surface area contributed by atoms with Crippen LogP contribution in [0.2, 0.25) is 0 Å². The van der Waals surface area contributed by atoms with Crippen LogP contribution >= 0.6 is 11.3 Å². The van der Waals surface area contributed by atoms with Crippen molar-refractivity contribution in [2.45, 2.75) is 32.4 Å². The average molecular weight is 529 g/mol. The highest BCUT2D eigenvalue weighted by atomic mass is 32.2. The van der Waals surface area contributed by atoms with Crippen molar-refractivity contribution in [3.8, 4) is 27.4 Å². The van der Waals surface area contributed by atoms with Gasteiger partial charge in [0.15, 0.2) is 0 Å². The van der Waals surface area contributed by atoms with Gasteiger partial charge in [-0.25, -0.2) is 13.1 Å². The lowest BCUT2D eigenvalue weighted by atomic mass is 10.0. The van der Waals surface area contributed by atoms with Crippen molar-refractivity contribution in [3.63, 3.8) is 0 Å². The van der Waals surface area contributed by atoms with Crippen LogP contribution in [-0.2, 0) is 16.4 Å². The van der Waals surface area contributed by atoms with E-state index in [4.69, 9.17) is 4.74 Å². The Morgan fingerprint density at radius 3 is 2.40 bits per heavy atom. The molecule has 188 valence electrons. The first-order valence-electron chi connectivity index (χ1n) is 10.5. The number of H-pyrrole nitrogens is 1. The van der Waals surface area contributed by atoms with Gasteiger partial charge in [0.2, 0.25) is 10.0 Å². The van der Waals surface area contributed by atoms with Gasteiger partial charge in [-0.05, 0) is 60.9 Å². The molecule has 0 aliphatic rings. The number of thiophene rings is 1. The molecule has 0 atom stereocenters.